The minimum Gasteiger partial charge on any atom is -0.465 e. The predicted molar refractivity (Wildman–Crippen MR) is 110 cm³/mol. The molecule has 1 amide bonds. The van der Waals surface area contributed by atoms with Gasteiger partial charge in [-0.2, -0.15) is 0 Å². The van der Waals surface area contributed by atoms with Crippen molar-refractivity contribution in [1.82, 2.24) is 4.98 Å². The zero-order valence-electron chi connectivity index (χ0n) is 15.9. The van der Waals surface area contributed by atoms with Gasteiger partial charge in [-0.05, 0) is 49.4 Å². The minimum atomic E-state index is -0.411. The number of hydrogen-bond donors (Lipinski definition) is 2. The zero-order valence-corrected chi connectivity index (χ0v) is 15.9. The van der Waals surface area contributed by atoms with Gasteiger partial charge in [-0.3, -0.25) is 14.6 Å². The number of Topliss-reactive ketones (excluding diaryl/α,β-unsaturated/α-hetero) is 1. The molecule has 3 rings (SSSR count). The molecule has 29 heavy (non-hydrogen) atoms. The summed E-state index contributed by atoms with van der Waals surface area (Å²) >= 11 is 0. The number of ketones is 1. The van der Waals surface area contributed by atoms with E-state index in [1.165, 1.54) is 20.2 Å². The highest BCUT2D eigenvalue weighted by atomic mass is 16.5. The Morgan fingerprint density at radius 1 is 0.828 bits per heavy atom. The number of esters is 1. The summed E-state index contributed by atoms with van der Waals surface area (Å²) in [5, 5.41) is 5.89. The first kappa shape index (κ1) is 19.8. The SMILES string of the molecule is COC(=O)c1ccc(Nc2cncc(C(=O)Nc3cccc(C(C)=O)c3)c2)cc1. The van der Waals surface area contributed by atoms with Crippen LogP contribution in [0.3, 0.4) is 0 Å². The van der Waals surface area contributed by atoms with Crippen molar-refractivity contribution >= 4 is 34.7 Å². The molecule has 2 aromatic carbocycles. The fourth-order valence-electron chi connectivity index (χ4n) is 2.63. The maximum atomic E-state index is 12.5. The molecule has 7 nitrogen and oxygen atoms in total. The monoisotopic (exact) mass is 389 g/mol. The third-order valence-corrected chi connectivity index (χ3v) is 4.12. The Labute approximate surface area is 167 Å². The lowest BCUT2D eigenvalue weighted by Crippen LogP contribution is -2.13. The zero-order chi connectivity index (χ0) is 20.8. The van der Waals surface area contributed by atoms with Crippen LogP contribution < -0.4 is 10.6 Å². The highest BCUT2D eigenvalue weighted by Crippen LogP contribution is 2.19. The normalized spacial score (nSPS) is 10.1. The number of anilines is 3. The summed E-state index contributed by atoms with van der Waals surface area (Å²) in [4.78, 5) is 39.6. The van der Waals surface area contributed by atoms with Gasteiger partial charge < -0.3 is 15.4 Å². The molecule has 0 saturated heterocycles. The predicted octanol–water partition coefficient (Wildman–Crippen LogP) is 4.07. The quantitative estimate of drug-likeness (QED) is 0.487. The smallest absolute Gasteiger partial charge is 0.337 e. The van der Waals surface area contributed by atoms with Crippen molar-refractivity contribution in [2.24, 2.45) is 0 Å². The molecule has 0 atom stereocenters. The molecule has 1 aromatic heterocycles. The van der Waals surface area contributed by atoms with E-state index in [0.717, 1.165) is 5.69 Å². The standard InChI is InChI=1S/C22H19N3O4/c1-14(26)16-4-3-5-19(10-16)25-21(27)17-11-20(13-23-12-17)24-18-8-6-15(7-9-18)22(28)29-2/h3-13,24H,1-2H3,(H,25,27). The molecule has 0 bridgehead atoms. The molecule has 0 spiro atoms. The summed E-state index contributed by atoms with van der Waals surface area (Å²) in [6, 6.07) is 15.1. The second-order valence-corrected chi connectivity index (χ2v) is 6.25. The Morgan fingerprint density at radius 3 is 2.24 bits per heavy atom. The van der Waals surface area contributed by atoms with Crippen molar-refractivity contribution in [3.05, 3.63) is 83.7 Å². The number of ether oxygens (including phenoxy) is 1. The van der Waals surface area contributed by atoms with Gasteiger partial charge in [0.2, 0.25) is 0 Å². The highest BCUT2D eigenvalue weighted by molar-refractivity contribution is 6.05. The first-order valence-electron chi connectivity index (χ1n) is 8.79. The third kappa shape index (κ3) is 5.04. The minimum absolute atomic E-state index is 0.0767. The van der Waals surface area contributed by atoms with Gasteiger partial charge in [0.05, 0.1) is 30.1 Å². The Balaban J connectivity index is 1.72. The van der Waals surface area contributed by atoms with Gasteiger partial charge >= 0.3 is 5.97 Å². The summed E-state index contributed by atoms with van der Waals surface area (Å²) in [5.74, 6) is -0.833. The molecule has 146 valence electrons. The van der Waals surface area contributed by atoms with Gasteiger partial charge in [0, 0.05) is 23.1 Å². The maximum Gasteiger partial charge on any atom is 0.337 e. The Morgan fingerprint density at radius 2 is 1.55 bits per heavy atom. The molecule has 0 aliphatic rings. The molecule has 3 aromatic rings. The van der Waals surface area contributed by atoms with Crippen LogP contribution in [0, 0.1) is 0 Å². The van der Waals surface area contributed by atoms with E-state index >= 15 is 0 Å². The van der Waals surface area contributed by atoms with Crippen molar-refractivity contribution in [2.45, 2.75) is 6.92 Å². The number of benzene rings is 2. The molecule has 1 heterocycles. The lowest BCUT2D eigenvalue weighted by Gasteiger charge is -2.09. The largest absolute Gasteiger partial charge is 0.465 e. The molecule has 0 aliphatic carbocycles. The van der Waals surface area contributed by atoms with E-state index in [4.69, 9.17) is 0 Å². The molecule has 0 unspecified atom stereocenters. The first-order valence-corrected chi connectivity index (χ1v) is 8.79. The van der Waals surface area contributed by atoms with Gasteiger partial charge in [0.25, 0.3) is 5.91 Å². The second kappa shape index (κ2) is 8.79. The van der Waals surface area contributed by atoms with E-state index in [0.29, 0.717) is 28.1 Å². The van der Waals surface area contributed by atoms with E-state index in [1.54, 1.807) is 60.8 Å². The topological polar surface area (TPSA) is 97.4 Å². The number of nitrogens with one attached hydrogen (secondary N) is 2. The first-order chi connectivity index (χ1) is 14.0. The number of hydrogen-bond acceptors (Lipinski definition) is 6. The van der Waals surface area contributed by atoms with Gasteiger partial charge in [-0.15, -0.1) is 0 Å². The summed E-state index contributed by atoms with van der Waals surface area (Å²) < 4.78 is 4.67. The van der Waals surface area contributed by atoms with Gasteiger partial charge in [-0.1, -0.05) is 12.1 Å². The molecule has 0 saturated carbocycles. The molecule has 7 heteroatoms. The average Bonchev–Trinajstić information content (AvgIpc) is 2.74. The summed E-state index contributed by atoms with van der Waals surface area (Å²) in [7, 11) is 1.33. The fourth-order valence-corrected chi connectivity index (χ4v) is 2.63. The number of carbonyl (C=O) groups excluding carboxylic acids is 3. The maximum absolute atomic E-state index is 12.5. The molecule has 0 fully saturated rings. The molecular weight excluding hydrogens is 370 g/mol. The number of pyridine rings is 1. The van der Waals surface area contributed by atoms with Crippen molar-refractivity contribution in [1.29, 1.82) is 0 Å². The summed E-state index contributed by atoms with van der Waals surface area (Å²) in [6.07, 6.45) is 3.04. The lowest BCUT2D eigenvalue weighted by molar-refractivity contribution is 0.0600. The van der Waals surface area contributed by atoms with Crippen molar-refractivity contribution in [3.63, 3.8) is 0 Å². The molecule has 0 radical (unpaired) electrons. The highest BCUT2D eigenvalue weighted by Gasteiger charge is 2.10. The van der Waals surface area contributed by atoms with Crippen LogP contribution in [0.25, 0.3) is 0 Å². The average molecular weight is 389 g/mol. The third-order valence-electron chi connectivity index (χ3n) is 4.12. The van der Waals surface area contributed by atoms with Crippen LogP contribution in [0.5, 0.6) is 0 Å². The number of aromatic nitrogens is 1. The van der Waals surface area contributed by atoms with Crippen molar-refractivity contribution in [2.75, 3.05) is 17.7 Å². The summed E-state index contributed by atoms with van der Waals surface area (Å²) in [5.41, 5.74) is 3.19. The number of rotatable bonds is 6. The molecular formula is C22H19N3O4. The van der Waals surface area contributed by atoms with E-state index < -0.39 is 5.97 Å². The Bertz CT molecular complexity index is 1060. The molecule has 0 aliphatic heterocycles. The van der Waals surface area contributed by atoms with E-state index in [-0.39, 0.29) is 11.7 Å². The van der Waals surface area contributed by atoms with Crippen LogP contribution in [-0.4, -0.2) is 29.8 Å². The second-order valence-electron chi connectivity index (χ2n) is 6.25. The summed E-state index contributed by atoms with van der Waals surface area (Å²) in [6.45, 7) is 1.47. The Kier molecular flexibility index (Phi) is 5.99. The van der Waals surface area contributed by atoms with E-state index in [9.17, 15) is 14.4 Å². The Hall–Kier alpha value is -4.00. The number of carbonyl (C=O) groups is 3. The van der Waals surface area contributed by atoms with Gasteiger partial charge in [-0.25, -0.2) is 4.79 Å². The van der Waals surface area contributed by atoms with Crippen molar-refractivity contribution < 1.29 is 19.1 Å². The van der Waals surface area contributed by atoms with E-state index in [2.05, 4.69) is 20.4 Å². The van der Waals surface area contributed by atoms with Crippen molar-refractivity contribution in [3.8, 4) is 0 Å². The number of amides is 1. The number of methoxy groups -OCH3 is 1. The van der Waals surface area contributed by atoms with E-state index in [1.807, 2.05) is 0 Å². The lowest BCUT2D eigenvalue weighted by atomic mass is 10.1. The van der Waals surface area contributed by atoms with Crippen LogP contribution in [0.2, 0.25) is 0 Å². The van der Waals surface area contributed by atoms with Gasteiger partial charge in [0.1, 0.15) is 0 Å². The number of nitrogens with zero attached hydrogens (tertiary/aromatic N) is 1. The fraction of sp³-hybridized carbons (Fsp3) is 0.0909. The van der Waals surface area contributed by atoms with Crippen LogP contribution >= 0.6 is 0 Å². The van der Waals surface area contributed by atoms with Crippen LogP contribution in [0.4, 0.5) is 17.1 Å². The van der Waals surface area contributed by atoms with Gasteiger partial charge in [0.15, 0.2) is 5.78 Å². The van der Waals surface area contributed by atoms with Crippen LogP contribution in [0.15, 0.2) is 67.0 Å². The molecule has 2 N–H and O–H groups in total. The van der Waals surface area contributed by atoms with Crippen LogP contribution in [-0.2, 0) is 4.74 Å². The van der Waals surface area contributed by atoms with Crippen LogP contribution in [0.1, 0.15) is 38.0 Å².